The molecule has 1 rings (SSSR count). The average Bonchev–Trinajstić information content (AvgIpc) is 2.38. The monoisotopic (exact) mass is 296 g/mol. The van der Waals surface area contributed by atoms with Crippen LogP contribution in [0.2, 0.25) is 0 Å². The van der Waals surface area contributed by atoms with Crippen molar-refractivity contribution in [2.24, 2.45) is 0 Å². The van der Waals surface area contributed by atoms with E-state index in [2.05, 4.69) is 0 Å². The Labute approximate surface area is 110 Å². The average molecular weight is 296 g/mol. The smallest absolute Gasteiger partial charge is 0.258 e. The molecule has 0 saturated carbocycles. The highest BCUT2D eigenvalue weighted by Gasteiger charge is 2.60. The minimum Gasteiger partial charge on any atom is -0.258 e. The maximum Gasteiger partial charge on any atom is 0.458 e. The fraction of sp³-hybridized carbons (Fsp3) is 0.364. The largest absolute Gasteiger partial charge is 0.458 e. The third-order valence-corrected chi connectivity index (χ3v) is 2.03. The van der Waals surface area contributed by atoms with Gasteiger partial charge < -0.3 is 0 Å². The summed E-state index contributed by atoms with van der Waals surface area (Å²) >= 11 is 0. The SMILES string of the molecule is CC.N#Cc1ccc([N+](=O)[O-])cc1C(F)(F)C(F)(F)F. The van der Waals surface area contributed by atoms with E-state index in [0.717, 1.165) is 6.07 Å². The van der Waals surface area contributed by atoms with E-state index in [1.165, 1.54) is 0 Å². The number of nitro benzene ring substituents is 1. The van der Waals surface area contributed by atoms with E-state index in [1.54, 1.807) is 0 Å². The summed E-state index contributed by atoms with van der Waals surface area (Å²) in [5.41, 5.74) is -3.65. The third-order valence-electron chi connectivity index (χ3n) is 2.03. The number of alkyl halides is 5. The van der Waals surface area contributed by atoms with Gasteiger partial charge in [0.2, 0.25) is 0 Å². The molecule has 0 aliphatic rings. The molecule has 0 aromatic heterocycles. The molecule has 9 heteroatoms. The Bertz CT molecular complexity index is 535. The zero-order chi connectivity index (χ0) is 16.1. The van der Waals surface area contributed by atoms with Gasteiger partial charge in [-0.25, -0.2) is 0 Å². The van der Waals surface area contributed by atoms with Crippen molar-refractivity contribution in [1.29, 1.82) is 5.26 Å². The molecule has 4 nitrogen and oxygen atoms in total. The quantitative estimate of drug-likeness (QED) is 0.468. The van der Waals surface area contributed by atoms with Crippen LogP contribution in [-0.2, 0) is 5.92 Å². The van der Waals surface area contributed by atoms with Gasteiger partial charge in [0.15, 0.2) is 0 Å². The van der Waals surface area contributed by atoms with Gasteiger partial charge in [-0.15, -0.1) is 0 Å². The van der Waals surface area contributed by atoms with Crippen LogP contribution in [0.15, 0.2) is 18.2 Å². The molecule has 110 valence electrons. The van der Waals surface area contributed by atoms with Crippen LogP contribution in [-0.4, -0.2) is 11.1 Å². The second kappa shape index (κ2) is 6.27. The number of hydrogen-bond acceptors (Lipinski definition) is 3. The first-order chi connectivity index (χ1) is 9.11. The summed E-state index contributed by atoms with van der Waals surface area (Å²) in [6.07, 6.45) is -5.94. The second-order valence-electron chi connectivity index (χ2n) is 3.17. The maximum atomic E-state index is 13.1. The van der Waals surface area contributed by atoms with Gasteiger partial charge >= 0.3 is 12.1 Å². The standard InChI is InChI=1S/C9H3F5N2O2.C2H6/c10-8(11,9(12,13)14)7-3-6(16(17)18)2-1-5(7)4-15;1-2/h1-3H;1-2H3. The predicted molar refractivity (Wildman–Crippen MR) is 59.1 cm³/mol. The summed E-state index contributed by atoms with van der Waals surface area (Å²) in [4.78, 5) is 9.20. The number of benzene rings is 1. The Morgan fingerprint density at radius 3 is 2.05 bits per heavy atom. The fourth-order valence-electron chi connectivity index (χ4n) is 1.16. The highest BCUT2D eigenvalue weighted by Crippen LogP contribution is 2.45. The van der Waals surface area contributed by atoms with Gasteiger partial charge in [0.25, 0.3) is 5.69 Å². The fourth-order valence-corrected chi connectivity index (χ4v) is 1.16. The molecule has 0 fully saturated rings. The van der Waals surface area contributed by atoms with E-state index < -0.39 is 33.8 Å². The van der Waals surface area contributed by atoms with Crippen LogP contribution < -0.4 is 0 Å². The van der Waals surface area contributed by atoms with Crippen molar-refractivity contribution < 1.29 is 26.9 Å². The molecule has 0 unspecified atom stereocenters. The molecule has 0 bridgehead atoms. The van der Waals surface area contributed by atoms with Gasteiger partial charge in [-0.1, -0.05) is 13.8 Å². The Balaban J connectivity index is 0.00000172. The van der Waals surface area contributed by atoms with Crippen molar-refractivity contribution in [3.05, 3.63) is 39.4 Å². The topological polar surface area (TPSA) is 66.9 Å². The number of hydrogen-bond donors (Lipinski definition) is 0. The maximum absolute atomic E-state index is 13.1. The first-order valence-corrected chi connectivity index (χ1v) is 5.25. The van der Waals surface area contributed by atoms with Crippen molar-refractivity contribution in [3.63, 3.8) is 0 Å². The highest BCUT2D eigenvalue weighted by molar-refractivity contribution is 5.48. The molecule has 0 aliphatic heterocycles. The molecule has 0 amide bonds. The Morgan fingerprint density at radius 2 is 1.70 bits per heavy atom. The minimum atomic E-state index is -5.94. The van der Waals surface area contributed by atoms with Crippen LogP contribution in [0.25, 0.3) is 0 Å². The van der Waals surface area contributed by atoms with Crippen LogP contribution in [0, 0.1) is 21.4 Å². The number of nitriles is 1. The van der Waals surface area contributed by atoms with Crippen molar-refractivity contribution in [2.45, 2.75) is 25.9 Å². The third kappa shape index (κ3) is 3.40. The lowest BCUT2D eigenvalue weighted by atomic mass is 10.0. The molecular formula is C11H9F5N2O2. The summed E-state index contributed by atoms with van der Waals surface area (Å²) < 4.78 is 62.5. The van der Waals surface area contributed by atoms with Crippen LogP contribution in [0.4, 0.5) is 27.6 Å². The van der Waals surface area contributed by atoms with Gasteiger partial charge in [0.05, 0.1) is 22.1 Å². The van der Waals surface area contributed by atoms with Crippen molar-refractivity contribution in [1.82, 2.24) is 0 Å². The summed E-state index contributed by atoms with van der Waals surface area (Å²) in [6, 6.07) is 2.41. The summed E-state index contributed by atoms with van der Waals surface area (Å²) in [5.74, 6) is -5.33. The molecule has 0 spiro atoms. The van der Waals surface area contributed by atoms with Gasteiger partial charge in [0, 0.05) is 12.1 Å². The van der Waals surface area contributed by atoms with Gasteiger partial charge in [-0.05, 0) is 6.07 Å². The second-order valence-corrected chi connectivity index (χ2v) is 3.17. The molecule has 1 aromatic carbocycles. The van der Waals surface area contributed by atoms with E-state index >= 15 is 0 Å². The van der Waals surface area contributed by atoms with E-state index in [4.69, 9.17) is 5.26 Å². The van der Waals surface area contributed by atoms with Crippen LogP contribution in [0.1, 0.15) is 25.0 Å². The molecule has 0 aliphatic carbocycles. The van der Waals surface area contributed by atoms with Crippen molar-refractivity contribution in [3.8, 4) is 6.07 Å². The van der Waals surface area contributed by atoms with E-state index in [0.29, 0.717) is 12.1 Å². The number of nitro groups is 1. The van der Waals surface area contributed by atoms with E-state index in [1.807, 2.05) is 13.8 Å². The first-order valence-electron chi connectivity index (χ1n) is 5.25. The predicted octanol–water partition coefficient (Wildman–Crippen LogP) is 4.15. The van der Waals surface area contributed by atoms with E-state index in [9.17, 15) is 32.1 Å². The van der Waals surface area contributed by atoms with Crippen LogP contribution in [0.5, 0.6) is 0 Å². The van der Waals surface area contributed by atoms with Crippen LogP contribution >= 0.6 is 0 Å². The number of halogens is 5. The lowest BCUT2D eigenvalue weighted by molar-refractivity contribution is -0.385. The lowest BCUT2D eigenvalue weighted by Gasteiger charge is -2.20. The summed E-state index contributed by atoms with van der Waals surface area (Å²) in [5, 5.41) is 18.8. The zero-order valence-electron chi connectivity index (χ0n) is 10.3. The molecule has 0 saturated heterocycles. The van der Waals surface area contributed by atoms with Gasteiger partial charge in [-0.2, -0.15) is 27.2 Å². The number of non-ortho nitro benzene ring substituents is 1. The molecule has 20 heavy (non-hydrogen) atoms. The molecule has 1 aromatic rings. The number of nitrogens with zero attached hydrogens (tertiary/aromatic N) is 2. The highest BCUT2D eigenvalue weighted by atomic mass is 19.4. The Morgan fingerprint density at radius 1 is 1.20 bits per heavy atom. The number of rotatable bonds is 2. The molecule has 0 atom stereocenters. The van der Waals surface area contributed by atoms with Crippen LogP contribution in [0.3, 0.4) is 0 Å². The molecule has 0 N–H and O–H groups in total. The minimum absolute atomic E-state index is 0.0477. The summed E-state index contributed by atoms with van der Waals surface area (Å²) in [7, 11) is 0. The van der Waals surface area contributed by atoms with E-state index in [-0.39, 0.29) is 6.07 Å². The zero-order valence-corrected chi connectivity index (χ0v) is 10.3. The Hall–Kier alpha value is -2.24. The normalized spacial score (nSPS) is 11.1. The summed E-state index contributed by atoms with van der Waals surface area (Å²) in [6.45, 7) is 4.00. The molecular weight excluding hydrogens is 287 g/mol. The first kappa shape index (κ1) is 17.8. The van der Waals surface area contributed by atoms with Crippen molar-refractivity contribution in [2.75, 3.05) is 0 Å². The lowest BCUT2D eigenvalue weighted by Crippen LogP contribution is -2.34. The molecule has 0 heterocycles. The van der Waals surface area contributed by atoms with Gasteiger partial charge in [-0.3, -0.25) is 10.1 Å². The van der Waals surface area contributed by atoms with Crippen molar-refractivity contribution >= 4 is 5.69 Å². The van der Waals surface area contributed by atoms with Gasteiger partial charge in [0.1, 0.15) is 0 Å². The molecule has 0 radical (unpaired) electrons. The Kier molecular flexibility index (Phi) is 5.57.